The van der Waals surface area contributed by atoms with Crippen LogP contribution < -0.4 is 5.73 Å². The molecule has 0 amide bonds. The van der Waals surface area contributed by atoms with Gasteiger partial charge in [0.05, 0.1) is 0 Å². The molecular formula is C13H12N2O4. The van der Waals surface area contributed by atoms with E-state index in [1.165, 1.54) is 12.1 Å². The van der Waals surface area contributed by atoms with Gasteiger partial charge in [-0.2, -0.15) is 0 Å². The number of hydrogen-bond donors (Lipinski definition) is 3. The van der Waals surface area contributed by atoms with Gasteiger partial charge in [-0.1, -0.05) is 6.07 Å². The zero-order chi connectivity index (χ0) is 14.0. The van der Waals surface area contributed by atoms with Gasteiger partial charge in [0.15, 0.2) is 6.29 Å². The summed E-state index contributed by atoms with van der Waals surface area (Å²) >= 11 is 0. The maximum absolute atomic E-state index is 10.9. The number of aliphatic carboxylic acids is 1. The number of aromatic nitrogens is 1. The van der Waals surface area contributed by atoms with Crippen molar-refractivity contribution >= 4 is 23.2 Å². The van der Waals surface area contributed by atoms with Crippen LogP contribution in [-0.4, -0.2) is 33.5 Å². The van der Waals surface area contributed by atoms with Crippen molar-refractivity contribution in [2.45, 2.75) is 12.5 Å². The van der Waals surface area contributed by atoms with Gasteiger partial charge < -0.3 is 15.9 Å². The highest BCUT2D eigenvalue weighted by Crippen LogP contribution is 2.25. The molecule has 1 aromatic heterocycles. The van der Waals surface area contributed by atoms with Crippen LogP contribution in [0, 0.1) is 0 Å². The van der Waals surface area contributed by atoms with Crippen LogP contribution in [0.5, 0.6) is 5.75 Å². The third-order valence-electron chi connectivity index (χ3n) is 2.80. The van der Waals surface area contributed by atoms with E-state index in [1.54, 1.807) is 12.1 Å². The molecule has 0 spiro atoms. The quantitative estimate of drug-likeness (QED) is 0.697. The standard InChI is InChI=1S/C13H12N2O4/c14-10(13(18)19)5-8-2-3-9-7(6-16)1-4-11(17)12(9)15-8/h1-4,6,10,17H,5,14H2,(H,18,19)/t10-/m0/s1. The summed E-state index contributed by atoms with van der Waals surface area (Å²) in [6.45, 7) is 0. The highest BCUT2D eigenvalue weighted by Gasteiger charge is 2.14. The molecule has 0 radical (unpaired) electrons. The molecule has 1 aromatic carbocycles. The second-order valence-corrected chi connectivity index (χ2v) is 4.14. The predicted octanol–water partition coefficient (Wildman–Crippen LogP) is 0.707. The lowest BCUT2D eigenvalue weighted by molar-refractivity contribution is -0.138. The van der Waals surface area contributed by atoms with Crippen LogP contribution in [-0.2, 0) is 11.2 Å². The number of aldehydes is 1. The molecule has 0 aliphatic heterocycles. The molecular weight excluding hydrogens is 248 g/mol. The first-order chi connectivity index (χ1) is 9.02. The second-order valence-electron chi connectivity index (χ2n) is 4.14. The Balaban J connectivity index is 2.48. The van der Waals surface area contributed by atoms with Crippen molar-refractivity contribution in [3.05, 3.63) is 35.5 Å². The van der Waals surface area contributed by atoms with Gasteiger partial charge in [-0.3, -0.25) is 9.59 Å². The summed E-state index contributed by atoms with van der Waals surface area (Å²) in [5.74, 6) is -1.18. The summed E-state index contributed by atoms with van der Waals surface area (Å²) in [6, 6.07) is 5.03. The summed E-state index contributed by atoms with van der Waals surface area (Å²) in [5.41, 5.74) is 6.55. The van der Waals surface area contributed by atoms with Gasteiger partial charge in [0.1, 0.15) is 17.3 Å². The predicted molar refractivity (Wildman–Crippen MR) is 68.1 cm³/mol. The number of nitrogens with two attached hydrogens (primary N) is 1. The lowest BCUT2D eigenvalue weighted by Crippen LogP contribution is -2.32. The zero-order valence-electron chi connectivity index (χ0n) is 9.91. The fraction of sp³-hybridized carbons (Fsp3) is 0.154. The van der Waals surface area contributed by atoms with Crippen molar-refractivity contribution in [2.24, 2.45) is 5.73 Å². The number of phenols is 1. The molecule has 0 bridgehead atoms. The summed E-state index contributed by atoms with van der Waals surface area (Å²) in [6.07, 6.45) is 0.724. The largest absolute Gasteiger partial charge is 0.506 e. The normalized spacial score (nSPS) is 12.3. The number of carbonyl (C=O) groups is 2. The van der Waals surface area contributed by atoms with E-state index in [-0.39, 0.29) is 17.7 Å². The van der Waals surface area contributed by atoms with Crippen molar-refractivity contribution in [1.29, 1.82) is 0 Å². The van der Waals surface area contributed by atoms with Crippen LogP contribution in [0.1, 0.15) is 16.1 Å². The van der Waals surface area contributed by atoms with Crippen molar-refractivity contribution in [1.82, 2.24) is 4.98 Å². The second kappa shape index (κ2) is 5.03. The van der Waals surface area contributed by atoms with E-state index in [2.05, 4.69) is 4.98 Å². The Kier molecular flexibility index (Phi) is 3.43. The summed E-state index contributed by atoms with van der Waals surface area (Å²) < 4.78 is 0. The fourth-order valence-corrected chi connectivity index (χ4v) is 1.79. The third-order valence-corrected chi connectivity index (χ3v) is 2.80. The number of carboxylic acids is 1. The molecule has 1 atom stereocenters. The lowest BCUT2D eigenvalue weighted by atomic mass is 10.1. The molecule has 98 valence electrons. The zero-order valence-corrected chi connectivity index (χ0v) is 9.91. The Morgan fingerprint density at radius 3 is 2.74 bits per heavy atom. The van der Waals surface area contributed by atoms with Gasteiger partial charge >= 0.3 is 5.97 Å². The molecule has 6 heteroatoms. The number of hydrogen-bond acceptors (Lipinski definition) is 5. The molecule has 19 heavy (non-hydrogen) atoms. The average molecular weight is 260 g/mol. The molecule has 0 saturated carbocycles. The first-order valence-electron chi connectivity index (χ1n) is 5.58. The highest BCUT2D eigenvalue weighted by molar-refractivity contribution is 5.98. The molecule has 2 aromatic rings. The van der Waals surface area contributed by atoms with Crippen LogP contribution in [0.3, 0.4) is 0 Å². The molecule has 0 aliphatic rings. The van der Waals surface area contributed by atoms with Crippen molar-refractivity contribution in [3.63, 3.8) is 0 Å². The van der Waals surface area contributed by atoms with Crippen LogP contribution in [0.4, 0.5) is 0 Å². The van der Waals surface area contributed by atoms with Crippen molar-refractivity contribution in [2.75, 3.05) is 0 Å². The fourth-order valence-electron chi connectivity index (χ4n) is 1.79. The number of rotatable bonds is 4. The minimum Gasteiger partial charge on any atom is -0.506 e. The molecule has 4 N–H and O–H groups in total. The number of nitrogens with zero attached hydrogens (tertiary/aromatic N) is 1. The maximum Gasteiger partial charge on any atom is 0.320 e. The SMILES string of the molecule is N[C@@H](Cc1ccc2c(C=O)ccc(O)c2n1)C(=O)O. The molecule has 0 unspecified atom stereocenters. The minimum atomic E-state index is -1.12. The number of phenolic OH excluding ortho intramolecular Hbond substituents is 1. The van der Waals surface area contributed by atoms with Gasteiger partial charge in [-0.25, -0.2) is 4.98 Å². The first-order valence-corrected chi connectivity index (χ1v) is 5.58. The minimum absolute atomic E-state index is 0.0516. The summed E-state index contributed by atoms with van der Waals surface area (Å²) in [7, 11) is 0. The van der Waals surface area contributed by atoms with E-state index in [4.69, 9.17) is 10.8 Å². The van der Waals surface area contributed by atoms with E-state index >= 15 is 0 Å². The van der Waals surface area contributed by atoms with Crippen LogP contribution in [0.25, 0.3) is 10.9 Å². The van der Waals surface area contributed by atoms with Gasteiger partial charge in [0.25, 0.3) is 0 Å². The van der Waals surface area contributed by atoms with E-state index in [1.807, 2.05) is 0 Å². The summed E-state index contributed by atoms with van der Waals surface area (Å²) in [5, 5.41) is 19.0. The van der Waals surface area contributed by atoms with E-state index in [9.17, 15) is 14.7 Å². The van der Waals surface area contributed by atoms with Gasteiger partial charge in [-0.05, 0) is 18.2 Å². The van der Waals surface area contributed by atoms with Crippen LogP contribution in [0.2, 0.25) is 0 Å². The molecule has 6 nitrogen and oxygen atoms in total. The summed E-state index contributed by atoms with van der Waals surface area (Å²) in [4.78, 5) is 25.7. The van der Waals surface area contributed by atoms with Gasteiger partial charge in [0, 0.05) is 23.1 Å². The van der Waals surface area contributed by atoms with E-state index < -0.39 is 12.0 Å². The average Bonchev–Trinajstić information content (AvgIpc) is 2.39. The molecule has 1 heterocycles. The Morgan fingerprint density at radius 2 is 2.11 bits per heavy atom. The number of carbonyl (C=O) groups excluding carboxylic acids is 1. The Bertz CT molecular complexity index is 654. The van der Waals surface area contributed by atoms with Crippen LogP contribution in [0.15, 0.2) is 24.3 Å². The van der Waals surface area contributed by atoms with E-state index in [0.717, 1.165) is 0 Å². The van der Waals surface area contributed by atoms with Gasteiger partial charge in [0.2, 0.25) is 0 Å². The number of pyridine rings is 1. The number of aromatic hydroxyl groups is 1. The Hall–Kier alpha value is -2.47. The highest BCUT2D eigenvalue weighted by atomic mass is 16.4. The Morgan fingerprint density at radius 1 is 1.37 bits per heavy atom. The van der Waals surface area contributed by atoms with E-state index in [0.29, 0.717) is 22.9 Å². The number of fused-ring (bicyclic) bond motifs is 1. The smallest absolute Gasteiger partial charge is 0.320 e. The molecule has 2 rings (SSSR count). The molecule has 0 fully saturated rings. The van der Waals surface area contributed by atoms with Crippen molar-refractivity contribution < 1.29 is 19.8 Å². The Labute approximate surface area is 108 Å². The number of benzene rings is 1. The molecule has 0 saturated heterocycles. The lowest BCUT2D eigenvalue weighted by Gasteiger charge is -2.08. The topological polar surface area (TPSA) is 114 Å². The van der Waals surface area contributed by atoms with Crippen LogP contribution >= 0.6 is 0 Å². The monoisotopic (exact) mass is 260 g/mol. The third kappa shape index (κ3) is 2.53. The van der Waals surface area contributed by atoms with Crippen molar-refractivity contribution in [3.8, 4) is 5.75 Å². The maximum atomic E-state index is 10.9. The number of carboxylic acid groups (broad SMARTS) is 1. The first kappa shape index (κ1) is 13.0. The molecule has 0 aliphatic carbocycles. The van der Waals surface area contributed by atoms with Gasteiger partial charge in [-0.15, -0.1) is 0 Å².